The number of amides is 1. The van der Waals surface area contributed by atoms with Gasteiger partial charge < -0.3 is 14.7 Å². The standard InChI is InChI=1S/C12H18N2O3S/c1-17-10-2-9-18-11(10)12(16)14-5-3-13(4-6-14)7-8-15/h2,9,15H,3-8H2,1H3. The van der Waals surface area contributed by atoms with Crippen LogP contribution < -0.4 is 4.74 Å². The first-order chi connectivity index (χ1) is 8.76. The molecule has 2 heterocycles. The Bertz CT molecular complexity index is 400. The number of thiophene rings is 1. The molecule has 1 aromatic rings. The second-order valence-corrected chi connectivity index (χ2v) is 5.09. The third-order valence-corrected chi connectivity index (χ3v) is 4.00. The van der Waals surface area contributed by atoms with Crippen LogP contribution in [0.3, 0.4) is 0 Å². The van der Waals surface area contributed by atoms with E-state index in [-0.39, 0.29) is 12.5 Å². The minimum atomic E-state index is 0.0468. The van der Waals surface area contributed by atoms with E-state index in [2.05, 4.69) is 4.90 Å². The van der Waals surface area contributed by atoms with E-state index in [4.69, 9.17) is 9.84 Å². The average Bonchev–Trinajstić information content (AvgIpc) is 2.87. The summed E-state index contributed by atoms with van der Waals surface area (Å²) in [5, 5.41) is 10.7. The number of rotatable bonds is 4. The molecular weight excluding hydrogens is 252 g/mol. The lowest BCUT2D eigenvalue weighted by Crippen LogP contribution is -2.49. The summed E-state index contributed by atoms with van der Waals surface area (Å²) in [4.78, 5) is 17.0. The molecule has 1 N–H and O–H groups in total. The van der Waals surface area contributed by atoms with E-state index in [0.29, 0.717) is 30.3 Å². The SMILES string of the molecule is COc1ccsc1C(=O)N1CCN(CCO)CC1. The van der Waals surface area contributed by atoms with Crippen LogP contribution >= 0.6 is 11.3 Å². The summed E-state index contributed by atoms with van der Waals surface area (Å²) in [6.07, 6.45) is 0. The molecule has 0 aromatic carbocycles. The fourth-order valence-corrected chi connectivity index (χ4v) is 2.90. The zero-order valence-corrected chi connectivity index (χ0v) is 11.3. The van der Waals surface area contributed by atoms with Gasteiger partial charge in [-0.1, -0.05) is 0 Å². The van der Waals surface area contributed by atoms with Gasteiger partial charge in [-0.05, 0) is 11.4 Å². The highest BCUT2D eigenvalue weighted by molar-refractivity contribution is 7.12. The van der Waals surface area contributed by atoms with Gasteiger partial charge in [0.25, 0.3) is 5.91 Å². The number of ether oxygens (including phenoxy) is 1. The lowest BCUT2D eigenvalue weighted by Gasteiger charge is -2.34. The summed E-state index contributed by atoms with van der Waals surface area (Å²) in [5.41, 5.74) is 0. The summed E-state index contributed by atoms with van der Waals surface area (Å²) in [6, 6.07) is 1.82. The Morgan fingerprint density at radius 1 is 1.44 bits per heavy atom. The summed E-state index contributed by atoms with van der Waals surface area (Å²) in [6.45, 7) is 3.91. The Hall–Kier alpha value is -1.11. The van der Waals surface area contributed by atoms with E-state index in [1.807, 2.05) is 16.3 Å². The lowest BCUT2D eigenvalue weighted by atomic mass is 10.3. The largest absolute Gasteiger partial charge is 0.495 e. The van der Waals surface area contributed by atoms with E-state index in [0.717, 1.165) is 13.1 Å². The fraction of sp³-hybridized carbons (Fsp3) is 0.583. The van der Waals surface area contributed by atoms with Gasteiger partial charge in [-0.15, -0.1) is 11.3 Å². The van der Waals surface area contributed by atoms with Crippen LogP contribution in [0.2, 0.25) is 0 Å². The number of aliphatic hydroxyl groups excluding tert-OH is 1. The predicted octanol–water partition coefficient (Wildman–Crippen LogP) is 0.507. The van der Waals surface area contributed by atoms with Gasteiger partial charge in [0, 0.05) is 32.7 Å². The topological polar surface area (TPSA) is 53.0 Å². The van der Waals surface area contributed by atoms with Crippen LogP contribution in [0.5, 0.6) is 5.75 Å². The molecule has 100 valence electrons. The Balaban J connectivity index is 1.95. The molecule has 1 amide bonds. The Labute approximate surface area is 111 Å². The van der Waals surface area contributed by atoms with Crippen molar-refractivity contribution in [3.8, 4) is 5.75 Å². The maximum absolute atomic E-state index is 12.3. The molecule has 18 heavy (non-hydrogen) atoms. The summed E-state index contributed by atoms with van der Waals surface area (Å²) in [7, 11) is 1.58. The second-order valence-electron chi connectivity index (χ2n) is 4.18. The zero-order chi connectivity index (χ0) is 13.0. The number of hydrogen-bond acceptors (Lipinski definition) is 5. The van der Waals surface area contributed by atoms with Gasteiger partial charge in [0.05, 0.1) is 13.7 Å². The lowest BCUT2D eigenvalue weighted by molar-refractivity contribution is 0.0617. The zero-order valence-electron chi connectivity index (χ0n) is 10.5. The average molecular weight is 270 g/mol. The number of β-amino-alcohol motifs (C(OH)–C–C–N with tert-alkyl or cyclic N) is 1. The quantitative estimate of drug-likeness (QED) is 0.866. The first-order valence-electron chi connectivity index (χ1n) is 6.00. The molecule has 1 fully saturated rings. The fourth-order valence-electron chi connectivity index (χ4n) is 2.07. The highest BCUT2D eigenvalue weighted by Gasteiger charge is 2.24. The van der Waals surface area contributed by atoms with Crippen LogP contribution in [-0.4, -0.2) is 67.3 Å². The van der Waals surface area contributed by atoms with Gasteiger partial charge in [-0.25, -0.2) is 0 Å². The van der Waals surface area contributed by atoms with Gasteiger partial charge in [0.2, 0.25) is 0 Å². The number of aliphatic hydroxyl groups is 1. The minimum absolute atomic E-state index is 0.0468. The van der Waals surface area contributed by atoms with Crippen LogP contribution in [0, 0.1) is 0 Å². The molecule has 2 rings (SSSR count). The molecule has 1 saturated heterocycles. The smallest absolute Gasteiger partial charge is 0.267 e. The third kappa shape index (κ3) is 2.82. The van der Waals surface area contributed by atoms with E-state index in [1.54, 1.807) is 7.11 Å². The van der Waals surface area contributed by atoms with Crippen LogP contribution in [-0.2, 0) is 0 Å². The molecule has 0 radical (unpaired) electrons. The molecule has 0 bridgehead atoms. The Morgan fingerprint density at radius 2 is 2.17 bits per heavy atom. The Morgan fingerprint density at radius 3 is 2.78 bits per heavy atom. The molecule has 0 atom stereocenters. The van der Waals surface area contributed by atoms with Crippen molar-refractivity contribution in [3.63, 3.8) is 0 Å². The second kappa shape index (κ2) is 6.17. The maximum atomic E-state index is 12.3. The minimum Gasteiger partial charge on any atom is -0.495 e. The number of carbonyl (C=O) groups excluding carboxylic acids is 1. The molecule has 1 aliphatic rings. The molecule has 0 saturated carbocycles. The van der Waals surface area contributed by atoms with Gasteiger partial charge in [-0.2, -0.15) is 0 Å². The molecule has 0 aliphatic carbocycles. The van der Waals surface area contributed by atoms with Crippen molar-refractivity contribution in [3.05, 3.63) is 16.3 Å². The summed E-state index contributed by atoms with van der Waals surface area (Å²) >= 11 is 1.42. The molecular formula is C12H18N2O3S. The Kier molecular flexibility index (Phi) is 4.57. The molecule has 6 heteroatoms. The van der Waals surface area contributed by atoms with Crippen molar-refractivity contribution in [2.24, 2.45) is 0 Å². The van der Waals surface area contributed by atoms with Crippen molar-refractivity contribution >= 4 is 17.2 Å². The molecule has 5 nitrogen and oxygen atoms in total. The number of methoxy groups -OCH3 is 1. The number of piperazine rings is 1. The van der Waals surface area contributed by atoms with E-state index >= 15 is 0 Å². The van der Waals surface area contributed by atoms with E-state index in [9.17, 15) is 4.79 Å². The van der Waals surface area contributed by atoms with Gasteiger partial charge >= 0.3 is 0 Å². The van der Waals surface area contributed by atoms with Gasteiger partial charge in [-0.3, -0.25) is 9.69 Å². The highest BCUT2D eigenvalue weighted by Crippen LogP contribution is 2.26. The summed E-state index contributed by atoms with van der Waals surface area (Å²) < 4.78 is 5.18. The maximum Gasteiger partial charge on any atom is 0.267 e. The van der Waals surface area contributed by atoms with Crippen molar-refractivity contribution in [2.45, 2.75) is 0 Å². The molecule has 1 aromatic heterocycles. The number of hydrogen-bond donors (Lipinski definition) is 1. The van der Waals surface area contributed by atoms with Gasteiger partial charge in [0.1, 0.15) is 10.6 Å². The monoisotopic (exact) mass is 270 g/mol. The number of carbonyl (C=O) groups is 1. The van der Waals surface area contributed by atoms with Crippen LogP contribution in [0.1, 0.15) is 9.67 Å². The van der Waals surface area contributed by atoms with Crippen molar-refractivity contribution in [1.29, 1.82) is 0 Å². The number of nitrogens with zero attached hydrogens (tertiary/aromatic N) is 2. The van der Waals surface area contributed by atoms with Crippen molar-refractivity contribution < 1.29 is 14.6 Å². The van der Waals surface area contributed by atoms with Crippen LogP contribution in [0.4, 0.5) is 0 Å². The van der Waals surface area contributed by atoms with Crippen LogP contribution in [0.15, 0.2) is 11.4 Å². The molecule has 0 spiro atoms. The normalized spacial score (nSPS) is 16.9. The van der Waals surface area contributed by atoms with E-state index in [1.165, 1.54) is 11.3 Å². The first-order valence-corrected chi connectivity index (χ1v) is 6.88. The van der Waals surface area contributed by atoms with Crippen molar-refractivity contribution in [1.82, 2.24) is 9.80 Å². The van der Waals surface area contributed by atoms with Crippen molar-refractivity contribution in [2.75, 3.05) is 46.4 Å². The molecule has 0 unspecified atom stereocenters. The van der Waals surface area contributed by atoms with Gasteiger partial charge in [0.15, 0.2) is 0 Å². The molecule has 1 aliphatic heterocycles. The predicted molar refractivity (Wildman–Crippen MR) is 70.3 cm³/mol. The highest BCUT2D eigenvalue weighted by atomic mass is 32.1. The van der Waals surface area contributed by atoms with E-state index < -0.39 is 0 Å². The first kappa shape index (κ1) is 13.3. The summed E-state index contributed by atoms with van der Waals surface area (Å²) in [5.74, 6) is 0.702. The third-order valence-electron chi connectivity index (χ3n) is 3.12. The van der Waals surface area contributed by atoms with Crippen LogP contribution in [0.25, 0.3) is 0 Å².